The highest BCUT2D eigenvalue weighted by Crippen LogP contribution is 2.22. The SMILES string of the molecule is C=C(C)C(=O)OCC(CCCCCCCCCCCCCC(C)CCC)CCCCCCCCCCCC(C)CCC. The van der Waals surface area contributed by atoms with Crippen molar-refractivity contribution in [3.05, 3.63) is 12.2 Å². The molecule has 0 amide bonds. The van der Waals surface area contributed by atoms with Gasteiger partial charge in [0.05, 0.1) is 6.61 Å². The minimum atomic E-state index is -0.217. The summed E-state index contributed by atoms with van der Waals surface area (Å²) >= 11 is 0. The van der Waals surface area contributed by atoms with Gasteiger partial charge in [-0.25, -0.2) is 4.79 Å². The van der Waals surface area contributed by atoms with Crippen LogP contribution < -0.4 is 0 Å². The van der Waals surface area contributed by atoms with Crippen molar-refractivity contribution in [2.75, 3.05) is 6.61 Å². The molecule has 250 valence electrons. The molecule has 0 bridgehead atoms. The molecule has 0 fully saturated rings. The second-order valence-corrected chi connectivity index (χ2v) is 14.3. The van der Waals surface area contributed by atoms with Gasteiger partial charge in [-0.2, -0.15) is 0 Å². The lowest BCUT2D eigenvalue weighted by molar-refractivity contribution is -0.140. The van der Waals surface area contributed by atoms with E-state index >= 15 is 0 Å². The largest absolute Gasteiger partial charge is 0.462 e. The number of hydrogen-bond acceptors (Lipinski definition) is 2. The maximum atomic E-state index is 12.0. The van der Waals surface area contributed by atoms with E-state index in [0.717, 1.165) is 11.8 Å². The molecule has 0 aliphatic rings. The summed E-state index contributed by atoms with van der Waals surface area (Å²) in [6.07, 6.45) is 38.6. The summed E-state index contributed by atoms with van der Waals surface area (Å²) in [6, 6.07) is 0. The van der Waals surface area contributed by atoms with E-state index in [1.807, 2.05) is 0 Å². The van der Waals surface area contributed by atoms with Gasteiger partial charge in [0.1, 0.15) is 0 Å². The average Bonchev–Trinajstić information content (AvgIpc) is 2.96. The van der Waals surface area contributed by atoms with Crippen LogP contribution in [0.15, 0.2) is 12.2 Å². The Morgan fingerprint density at radius 2 is 0.786 bits per heavy atom. The van der Waals surface area contributed by atoms with Crippen LogP contribution in [-0.4, -0.2) is 12.6 Å². The van der Waals surface area contributed by atoms with E-state index in [1.54, 1.807) is 6.92 Å². The van der Waals surface area contributed by atoms with Gasteiger partial charge in [0, 0.05) is 5.57 Å². The van der Waals surface area contributed by atoms with E-state index in [0.29, 0.717) is 18.1 Å². The summed E-state index contributed by atoms with van der Waals surface area (Å²) in [6.45, 7) is 15.5. The van der Waals surface area contributed by atoms with Gasteiger partial charge >= 0.3 is 5.97 Å². The fourth-order valence-electron chi connectivity index (χ4n) is 6.58. The monoisotopic (exact) mass is 591 g/mol. The normalized spacial score (nSPS) is 13.6. The highest BCUT2D eigenvalue weighted by molar-refractivity contribution is 5.86. The first-order valence-corrected chi connectivity index (χ1v) is 19.2. The molecule has 0 heterocycles. The predicted octanol–water partition coefficient (Wildman–Crippen LogP) is 14.0. The third kappa shape index (κ3) is 29.3. The van der Waals surface area contributed by atoms with Crippen LogP contribution in [0.5, 0.6) is 0 Å². The number of rotatable bonds is 33. The molecule has 0 aromatic rings. The van der Waals surface area contributed by atoms with Gasteiger partial charge < -0.3 is 4.74 Å². The number of carbonyl (C=O) groups excluding carboxylic acids is 1. The molecule has 0 spiro atoms. The van der Waals surface area contributed by atoms with Crippen LogP contribution in [0.4, 0.5) is 0 Å². The molecule has 2 nitrogen and oxygen atoms in total. The van der Waals surface area contributed by atoms with E-state index in [-0.39, 0.29) is 5.97 Å². The average molecular weight is 591 g/mol. The molecule has 0 aliphatic heterocycles. The number of hydrogen-bond donors (Lipinski definition) is 0. The second-order valence-electron chi connectivity index (χ2n) is 14.3. The standard InChI is InChI=1S/C40H78O2/c1-7-29-37(5)31-25-21-17-13-10-9-11-15-19-23-27-33-39(35-42-40(41)36(3)4)34-28-24-20-16-12-14-18-22-26-32-38(6)30-8-2/h37-39H,3,7-35H2,1-2,4-6H3. The Balaban J connectivity index is 3.81. The van der Waals surface area contributed by atoms with Crippen LogP contribution in [0.1, 0.15) is 214 Å². The number of carbonyl (C=O) groups is 1. The van der Waals surface area contributed by atoms with Crippen molar-refractivity contribution in [2.24, 2.45) is 17.8 Å². The molecule has 0 aromatic heterocycles. The summed E-state index contributed by atoms with van der Waals surface area (Å²) in [5.74, 6) is 2.16. The summed E-state index contributed by atoms with van der Waals surface area (Å²) < 4.78 is 5.58. The van der Waals surface area contributed by atoms with Crippen LogP contribution in [0.25, 0.3) is 0 Å². The Bertz CT molecular complexity index is 582. The van der Waals surface area contributed by atoms with Crippen molar-refractivity contribution >= 4 is 5.97 Å². The highest BCUT2D eigenvalue weighted by Gasteiger charge is 2.12. The lowest BCUT2D eigenvalue weighted by atomic mass is 9.94. The van der Waals surface area contributed by atoms with E-state index in [4.69, 9.17) is 4.74 Å². The van der Waals surface area contributed by atoms with Gasteiger partial charge in [-0.3, -0.25) is 0 Å². The van der Waals surface area contributed by atoms with E-state index in [9.17, 15) is 4.79 Å². The number of esters is 1. The molecule has 0 N–H and O–H groups in total. The summed E-state index contributed by atoms with van der Waals surface area (Å²) in [7, 11) is 0. The maximum absolute atomic E-state index is 12.0. The van der Waals surface area contributed by atoms with Gasteiger partial charge in [-0.1, -0.05) is 201 Å². The van der Waals surface area contributed by atoms with Gasteiger partial charge in [0.15, 0.2) is 0 Å². The first-order chi connectivity index (χ1) is 20.4. The molecular formula is C40H78O2. The quantitative estimate of drug-likeness (QED) is 0.0431. The molecule has 0 saturated heterocycles. The number of unbranched alkanes of at least 4 members (excludes halogenated alkanes) is 18. The van der Waals surface area contributed by atoms with Crippen LogP contribution in [0.3, 0.4) is 0 Å². The fourth-order valence-corrected chi connectivity index (χ4v) is 6.58. The van der Waals surface area contributed by atoms with Gasteiger partial charge in [-0.05, 0) is 37.5 Å². The van der Waals surface area contributed by atoms with Gasteiger partial charge in [0.25, 0.3) is 0 Å². The minimum absolute atomic E-state index is 0.217. The molecule has 0 saturated carbocycles. The molecule has 2 heteroatoms. The highest BCUT2D eigenvalue weighted by atomic mass is 16.5. The van der Waals surface area contributed by atoms with Crippen molar-refractivity contribution in [1.29, 1.82) is 0 Å². The van der Waals surface area contributed by atoms with E-state index in [2.05, 4.69) is 34.3 Å². The molecule has 42 heavy (non-hydrogen) atoms. The van der Waals surface area contributed by atoms with Crippen molar-refractivity contribution in [3.8, 4) is 0 Å². The first kappa shape index (κ1) is 41.2. The smallest absolute Gasteiger partial charge is 0.333 e. The topological polar surface area (TPSA) is 26.3 Å². The predicted molar refractivity (Wildman–Crippen MR) is 188 cm³/mol. The Labute approximate surface area is 266 Å². The van der Waals surface area contributed by atoms with Crippen molar-refractivity contribution in [2.45, 2.75) is 214 Å². The van der Waals surface area contributed by atoms with Crippen LogP contribution in [-0.2, 0) is 9.53 Å². The Hall–Kier alpha value is -0.790. The van der Waals surface area contributed by atoms with Crippen molar-refractivity contribution in [1.82, 2.24) is 0 Å². The number of ether oxygens (including phenoxy) is 1. The molecule has 0 rings (SSSR count). The molecule has 0 aliphatic carbocycles. The van der Waals surface area contributed by atoms with Gasteiger partial charge in [-0.15, -0.1) is 0 Å². The Kier molecular flexibility index (Phi) is 31.0. The second kappa shape index (κ2) is 31.6. The summed E-state index contributed by atoms with van der Waals surface area (Å²) in [5.41, 5.74) is 0.519. The van der Waals surface area contributed by atoms with Crippen LogP contribution >= 0.6 is 0 Å². The third-order valence-corrected chi connectivity index (χ3v) is 9.48. The lowest BCUT2D eigenvalue weighted by Gasteiger charge is -2.17. The van der Waals surface area contributed by atoms with E-state index < -0.39 is 0 Å². The van der Waals surface area contributed by atoms with Crippen LogP contribution in [0.2, 0.25) is 0 Å². The van der Waals surface area contributed by atoms with Crippen molar-refractivity contribution in [3.63, 3.8) is 0 Å². The fraction of sp³-hybridized carbons (Fsp3) is 0.925. The zero-order valence-corrected chi connectivity index (χ0v) is 29.8. The molecule has 3 unspecified atom stereocenters. The lowest BCUT2D eigenvalue weighted by Crippen LogP contribution is -2.15. The molecule has 0 aromatic carbocycles. The molecule has 0 radical (unpaired) electrons. The van der Waals surface area contributed by atoms with Gasteiger partial charge in [0.2, 0.25) is 0 Å². The maximum Gasteiger partial charge on any atom is 0.333 e. The van der Waals surface area contributed by atoms with Crippen LogP contribution in [0, 0.1) is 17.8 Å². The Morgan fingerprint density at radius 3 is 1.07 bits per heavy atom. The summed E-state index contributed by atoms with van der Waals surface area (Å²) in [5, 5.41) is 0. The zero-order chi connectivity index (χ0) is 31.1. The minimum Gasteiger partial charge on any atom is -0.462 e. The zero-order valence-electron chi connectivity index (χ0n) is 29.8. The molecular weight excluding hydrogens is 512 g/mol. The molecule has 3 atom stereocenters. The van der Waals surface area contributed by atoms with Crippen molar-refractivity contribution < 1.29 is 9.53 Å². The Morgan fingerprint density at radius 1 is 0.500 bits per heavy atom. The first-order valence-electron chi connectivity index (χ1n) is 19.2. The third-order valence-electron chi connectivity index (χ3n) is 9.48. The summed E-state index contributed by atoms with van der Waals surface area (Å²) in [4.78, 5) is 12.0. The van der Waals surface area contributed by atoms with E-state index in [1.165, 1.54) is 180 Å².